The molecular formula is C11H15BrClNO. The quantitative estimate of drug-likeness (QED) is 0.887. The summed E-state index contributed by atoms with van der Waals surface area (Å²) in [5.74, 6) is 0. The van der Waals surface area contributed by atoms with Crippen molar-refractivity contribution in [1.29, 1.82) is 0 Å². The Kier molecular flexibility index (Phi) is 5.43. The average Bonchev–Trinajstić information content (AvgIpc) is 2.21. The van der Waals surface area contributed by atoms with E-state index < -0.39 is 0 Å². The van der Waals surface area contributed by atoms with Crippen LogP contribution in [0.2, 0.25) is 5.02 Å². The SMILES string of the molecule is CCC(COC)Nc1ccc(Cl)cc1Br. The summed E-state index contributed by atoms with van der Waals surface area (Å²) in [6.07, 6.45) is 1.02. The number of ether oxygens (including phenoxy) is 1. The lowest BCUT2D eigenvalue weighted by Gasteiger charge is -2.18. The van der Waals surface area contributed by atoms with Gasteiger partial charge in [-0.2, -0.15) is 0 Å². The molecule has 0 aromatic heterocycles. The number of halogens is 2. The molecule has 1 atom stereocenters. The van der Waals surface area contributed by atoms with Crippen LogP contribution in [0, 0.1) is 0 Å². The van der Waals surface area contributed by atoms with Gasteiger partial charge in [-0.3, -0.25) is 0 Å². The largest absolute Gasteiger partial charge is 0.383 e. The summed E-state index contributed by atoms with van der Waals surface area (Å²) in [6.45, 7) is 2.83. The zero-order chi connectivity index (χ0) is 11.3. The molecule has 1 rings (SSSR count). The van der Waals surface area contributed by atoms with Crippen LogP contribution in [0.15, 0.2) is 22.7 Å². The van der Waals surface area contributed by atoms with Gasteiger partial charge in [0.1, 0.15) is 0 Å². The Balaban J connectivity index is 2.70. The molecule has 0 aliphatic rings. The van der Waals surface area contributed by atoms with Crippen LogP contribution in [0.1, 0.15) is 13.3 Å². The molecule has 0 saturated carbocycles. The highest BCUT2D eigenvalue weighted by atomic mass is 79.9. The van der Waals surface area contributed by atoms with Crippen LogP contribution in [0.5, 0.6) is 0 Å². The molecule has 0 amide bonds. The van der Waals surface area contributed by atoms with E-state index >= 15 is 0 Å². The standard InChI is InChI=1S/C11H15BrClNO/c1-3-9(7-15-2)14-11-5-4-8(13)6-10(11)12/h4-6,9,14H,3,7H2,1-2H3. The van der Waals surface area contributed by atoms with Crippen LogP contribution in [0.3, 0.4) is 0 Å². The van der Waals surface area contributed by atoms with Crippen molar-refractivity contribution in [3.8, 4) is 0 Å². The fraction of sp³-hybridized carbons (Fsp3) is 0.455. The van der Waals surface area contributed by atoms with E-state index in [1.54, 1.807) is 7.11 Å². The molecule has 0 aliphatic heterocycles. The van der Waals surface area contributed by atoms with E-state index in [4.69, 9.17) is 16.3 Å². The molecule has 4 heteroatoms. The van der Waals surface area contributed by atoms with Gasteiger partial charge in [0.2, 0.25) is 0 Å². The van der Waals surface area contributed by atoms with Crippen molar-refractivity contribution in [2.45, 2.75) is 19.4 Å². The predicted octanol–water partition coefficient (Wildman–Crippen LogP) is 3.94. The number of benzene rings is 1. The second kappa shape index (κ2) is 6.36. The summed E-state index contributed by atoms with van der Waals surface area (Å²) in [5.41, 5.74) is 1.04. The highest BCUT2D eigenvalue weighted by molar-refractivity contribution is 9.10. The first kappa shape index (κ1) is 12.8. The molecule has 0 aliphatic carbocycles. The van der Waals surface area contributed by atoms with Crippen LogP contribution < -0.4 is 5.32 Å². The van der Waals surface area contributed by atoms with Gasteiger partial charge in [-0.05, 0) is 40.5 Å². The smallest absolute Gasteiger partial charge is 0.0663 e. The Hall–Kier alpha value is -0.250. The van der Waals surface area contributed by atoms with Crippen molar-refractivity contribution in [2.24, 2.45) is 0 Å². The van der Waals surface area contributed by atoms with Gasteiger partial charge in [-0.1, -0.05) is 18.5 Å². The lowest BCUT2D eigenvalue weighted by molar-refractivity contribution is 0.184. The summed E-state index contributed by atoms with van der Waals surface area (Å²) < 4.78 is 6.10. The van der Waals surface area contributed by atoms with Crippen molar-refractivity contribution >= 4 is 33.2 Å². The van der Waals surface area contributed by atoms with E-state index in [2.05, 4.69) is 28.2 Å². The molecule has 15 heavy (non-hydrogen) atoms. The van der Waals surface area contributed by atoms with Gasteiger partial charge >= 0.3 is 0 Å². The molecule has 0 bridgehead atoms. The van der Waals surface area contributed by atoms with Gasteiger partial charge in [0.05, 0.1) is 6.61 Å². The van der Waals surface area contributed by atoms with E-state index in [9.17, 15) is 0 Å². The molecule has 1 aromatic carbocycles. The maximum Gasteiger partial charge on any atom is 0.0663 e. The van der Waals surface area contributed by atoms with Crippen LogP contribution in [-0.2, 0) is 4.74 Å². The number of hydrogen-bond acceptors (Lipinski definition) is 2. The number of nitrogens with one attached hydrogen (secondary N) is 1. The summed E-state index contributed by atoms with van der Waals surface area (Å²) >= 11 is 9.33. The van der Waals surface area contributed by atoms with Crippen LogP contribution in [0.25, 0.3) is 0 Å². The molecule has 84 valence electrons. The van der Waals surface area contributed by atoms with Gasteiger partial charge in [0.15, 0.2) is 0 Å². The minimum absolute atomic E-state index is 0.326. The van der Waals surface area contributed by atoms with Crippen LogP contribution in [-0.4, -0.2) is 19.8 Å². The van der Waals surface area contributed by atoms with Crippen molar-refractivity contribution in [1.82, 2.24) is 0 Å². The molecule has 0 fully saturated rings. The highest BCUT2D eigenvalue weighted by Gasteiger charge is 2.07. The van der Waals surface area contributed by atoms with E-state index in [1.165, 1.54) is 0 Å². The number of hydrogen-bond donors (Lipinski definition) is 1. The Morgan fingerprint density at radius 3 is 2.80 bits per heavy atom. The fourth-order valence-corrected chi connectivity index (χ4v) is 2.09. The predicted molar refractivity (Wildman–Crippen MR) is 68.7 cm³/mol. The van der Waals surface area contributed by atoms with Gasteiger partial charge in [0, 0.05) is 28.3 Å². The molecule has 1 N–H and O–H groups in total. The van der Waals surface area contributed by atoms with Gasteiger partial charge in [-0.25, -0.2) is 0 Å². The minimum Gasteiger partial charge on any atom is -0.383 e. The molecule has 0 saturated heterocycles. The van der Waals surface area contributed by atoms with Gasteiger partial charge in [0.25, 0.3) is 0 Å². The molecule has 2 nitrogen and oxygen atoms in total. The van der Waals surface area contributed by atoms with Crippen molar-refractivity contribution in [3.05, 3.63) is 27.7 Å². The molecule has 0 spiro atoms. The Labute approximate surface area is 104 Å². The monoisotopic (exact) mass is 291 g/mol. The lowest BCUT2D eigenvalue weighted by atomic mass is 10.2. The summed E-state index contributed by atoms with van der Waals surface area (Å²) in [6, 6.07) is 6.04. The van der Waals surface area contributed by atoms with E-state index in [0.717, 1.165) is 21.6 Å². The first-order chi connectivity index (χ1) is 7.17. The normalized spacial score (nSPS) is 12.5. The molecule has 1 unspecified atom stereocenters. The maximum atomic E-state index is 5.87. The third-order valence-corrected chi connectivity index (χ3v) is 3.04. The number of methoxy groups -OCH3 is 1. The molecular weight excluding hydrogens is 277 g/mol. The average molecular weight is 293 g/mol. The van der Waals surface area contributed by atoms with Crippen molar-refractivity contribution in [3.63, 3.8) is 0 Å². The topological polar surface area (TPSA) is 21.3 Å². The Morgan fingerprint density at radius 1 is 1.53 bits per heavy atom. The van der Waals surface area contributed by atoms with E-state index in [-0.39, 0.29) is 0 Å². The first-order valence-electron chi connectivity index (χ1n) is 4.88. The fourth-order valence-electron chi connectivity index (χ4n) is 1.29. The number of anilines is 1. The summed E-state index contributed by atoms with van der Waals surface area (Å²) in [5, 5.41) is 4.12. The van der Waals surface area contributed by atoms with Crippen molar-refractivity contribution in [2.75, 3.05) is 19.0 Å². The Bertz CT molecular complexity index is 319. The molecule has 0 radical (unpaired) electrons. The van der Waals surface area contributed by atoms with Gasteiger partial charge in [-0.15, -0.1) is 0 Å². The van der Waals surface area contributed by atoms with E-state index in [1.807, 2.05) is 18.2 Å². The summed E-state index contributed by atoms with van der Waals surface area (Å²) in [7, 11) is 1.71. The molecule has 1 aromatic rings. The number of rotatable bonds is 5. The Morgan fingerprint density at radius 2 is 2.27 bits per heavy atom. The van der Waals surface area contributed by atoms with Crippen LogP contribution in [0.4, 0.5) is 5.69 Å². The third kappa shape index (κ3) is 4.01. The molecule has 0 heterocycles. The zero-order valence-corrected chi connectivity index (χ0v) is 11.2. The summed E-state index contributed by atoms with van der Waals surface area (Å²) in [4.78, 5) is 0. The maximum absolute atomic E-state index is 5.87. The van der Waals surface area contributed by atoms with E-state index in [0.29, 0.717) is 12.6 Å². The van der Waals surface area contributed by atoms with Crippen LogP contribution >= 0.6 is 27.5 Å². The highest BCUT2D eigenvalue weighted by Crippen LogP contribution is 2.26. The second-order valence-electron chi connectivity index (χ2n) is 3.33. The third-order valence-electron chi connectivity index (χ3n) is 2.15. The minimum atomic E-state index is 0.326. The zero-order valence-electron chi connectivity index (χ0n) is 8.89. The van der Waals surface area contributed by atoms with Gasteiger partial charge < -0.3 is 10.1 Å². The first-order valence-corrected chi connectivity index (χ1v) is 6.05. The van der Waals surface area contributed by atoms with Crippen molar-refractivity contribution < 1.29 is 4.74 Å². The second-order valence-corrected chi connectivity index (χ2v) is 4.62. The lowest BCUT2D eigenvalue weighted by Crippen LogP contribution is -2.23.